The summed E-state index contributed by atoms with van der Waals surface area (Å²) in [7, 11) is 1.31. The number of methoxy groups -OCH3 is 1. The number of nitrogens with zero attached hydrogens (tertiary/aromatic N) is 2. The van der Waals surface area contributed by atoms with Crippen LogP contribution in [0.5, 0.6) is 0 Å². The molecule has 35 heavy (non-hydrogen) atoms. The van der Waals surface area contributed by atoms with E-state index in [-0.39, 0.29) is 30.7 Å². The highest BCUT2D eigenvalue weighted by atomic mass is 32.2. The molecule has 9 heteroatoms. The number of carbonyl (C=O) groups excluding carboxylic acids is 2. The molecule has 1 aromatic heterocycles. The predicted octanol–water partition coefficient (Wildman–Crippen LogP) is 3.99. The van der Waals surface area contributed by atoms with Crippen molar-refractivity contribution in [2.45, 2.75) is 11.3 Å². The number of carbonyl (C=O) groups is 2. The lowest BCUT2D eigenvalue weighted by Gasteiger charge is -2.11. The van der Waals surface area contributed by atoms with Crippen molar-refractivity contribution in [2.24, 2.45) is 5.73 Å². The van der Waals surface area contributed by atoms with Crippen LogP contribution < -0.4 is 11.1 Å². The van der Waals surface area contributed by atoms with Crippen molar-refractivity contribution in [3.8, 4) is 17.1 Å². The summed E-state index contributed by atoms with van der Waals surface area (Å²) in [5.74, 6) is 0.0340. The van der Waals surface area contributed by atoms with Gasteiger partial charge in [0.1, 0.15) is 11.7 Å². The van der Waals surface area contributed by atoms with Gasteiger partial charge in [-0.25, -0.2) is 4.98 Å². The third-order valence-corrected chi connectivity index (χ3v) is 6.25. The van der Waals surface area contributed by atoms with Crippen molar-refractivity contribution in [3.63, 3.8) is 0 Å². The van der Waals surface area contributed by atoms with Crippen LogP contribution in [0, 0.1) is 5.41 Å². The average molecular weight is 488 g/mol. The van der Waals surface area contributed by atoms with Crippen LogP contribution in [-0.4, -0.2) is 47.2 Å². The molecule has 4 rings (SSSR count). The van der Waals surface area contributed by atoms with Crippen LogP contribution >= 0.6 is 11.8 Å². The zero-order valence-corrected chi connectivity index (χ0v) is 20.2. The van der Waals surface area contributed by atoms with Crippen LogP contribution in [0.3, 0.4) is 0 Å². The van der Waals surface area contributed by atoms with Gasteiger partial charge in [0.25, 0.3) is 5.91 Å². The van der Waals surface area contributed by atoms with Crippen molar-refractivity contribution >= 4 is 40.5 Å². The maximum Gasteiger partial charge on any atom is 0.307 e. The first-order valence-electron chi connectivity index (χ1n) is 10.9. The average Bonchev–Trinajstić information content (AvgIpc) is 3.27. The molecule has 1 amide bonds. The molecule has 4 N–H and O–H groups in total. The lowest BCUT2D eigenvalue weighted by Crippen LogP contribution is -2.26. The Kier molecular flexibility index (Phi) is 7.17. The molecule has 0 bridgehead atoms. The minimum Gasteiger partial charge on any atom is -0.469 e. The minimum atomic E-state index is -0.382. The quantitative estimate of drug-likeness (QED) is 0.149. The van der Waals surface area contributed by atoms with E-state index in [4.69, 9.17) is 16.1 Å². The van der Waals surface area contributed by atoms with Gasteiger partial charge >= 0.3 is 5.97 Å². The van der Waals surface area contributed by atoms with Crippen molar-refractivity contribution in [1.29, 1.82) is 5.41 Å². The van der Waals surface area contributed by atoms with Crippen LogP contribution in [-0.2, 0) is 9.53 Å². The molecule has 0 aliphatic carbocycles. The molecule has 0 spiro atoms. The molecule has 0 atom stereocenters. The molecular formula is C26H25N5O3S. The van der Waals surface area contributed by atoms with E-state index < -0.39 is 0 Å². The second kappa shape index (κ2) is 10.4. The Morgan fingerprint density at radius 2 is 1.83 bits per heavy atom. The fraction of sp³-hybridized carbons (Fsp3) is 0.154. The Balaban J connectivity index is 1.78. The molecular weight excluding hydrogens is 462 g/mol. The van der Waals surface area contributed by atoms with Crippen LogP contribution in [0.1, 0.15) is 22.3 Å². The predicted molar refractivity (Wildman–Crippen MR) is 138 cm³/mol. The van der Waals surface area contributed by atoms with Gasteiger partial charge in [0.2, 0.25) is 0 Å². The second-order valence-electron chi connectivity index (χ2n) is 7.75. The number of esters is 1. The van der Waals surface area contributed by atoms with Gasteiger partial charge in [0.15, 0.2) is 0 Å². The van der Waals surface area contributed by atoms with E-state index in [1.807, 2.05) is 42.7 Å². The highest BCUT2D eigenvalue weighted by molar-refractivity contribution is 7.98. The second-order valence-corrected chi connectivity index (χ2v) is 8.63. The molecule has 0 saturated carbocycles. The largest absolute Gasteiger partial charge is 0.469 e. The van der Waals surface area contributed by atoms with Gasteiger partial charge in [0, 0.05) is 33.8 Å². The first kappa shape index (κ1) is 24.0. The molecule has 0 fully saturated rings. The number of hydrogen-bond acceptors (Lipinski definition) is 6. The molecule has 0 aliphatic heterocycles. The Bertz CT molecular complexity index is 1410. The van der Waals surface area contributed by atoms with Crippen LogP contribution in [0.2, 0.25) is 0 Å². The summed E-state index contributed by atoms with van der Waals surface area (Å²) in [5, 5.41) is 10.4. The SMILES string of the molecule is COC(=O)CCNC(=O)c1ccc2c(c1)nc(-c1ccc(C(=N)N)cc1)n2-c1cccc(SC)c1. The molecule has 0 aliphatic rings. The van der Waals surface area contributed by atoms with E-state index in [0.717, 1.165) is 21.7 Å². The van der Waals surface area contributed by atoms with Crippen molar-refractivity contribution in [3.05, 3.63) is 77.9 Å². The van der Waals surface area contributed by atoms with Gasteiger partial charge < -0.3 is 15.8 Å². The minimum absolute atomic E-state index is 0.000535. The zero-order valence-electron chi connectivity index (χ0n) is 19.4. The number of nitrogens with two attached hydrogens (primary N) is 1. The molecule has 0 unspecified atom stereocenters. The molecule has 178 valence electrons. The summed E-state index contributed by atoms with van der Waals surface area (Å²) < 4.78 is 6.66. The van der Waals surface area contributed by atoms with Gasteiger partial charge in [-0.1, -0.05) is 30.3 Å². The number of benzene rings is 3. The number of amidine groups is 1. The highest BCUT2D eigenvalue weighted by Gasteiger charge is 2.17. The maximum atomic E-state index is 12.6. The summed E-state index contributed by atoms with van der Waals surface area (Å²) in [5.41, 5.74) is 10.00. The topological polar surface area (TPSA) is 123 Å². The summed E-state index contributed by atoms with van der Waals surface area (Å²) in [4.78, 5) is 29.9. The Hall–Kier alpha value is -4.11. The van der Waals surface area contributed by atoms with Gasteiger partial charge in [-0.2, -0.15) is 0 Å². The van der Waals surface area contributed by atoms with E-state index in [1.54, 1.807) is 36.0 Å². The van der Waals surface area contributed by atoms with Gasteiger partial charge in [-0.05, 0) is 42.7 Å². The van der Waals surface area contributed by atoms with Gasteiger partial charge in [-0.3, -0.25) is 19.6 Å². The number of imidazole rings is 1. The first-order valence-corrected chi connectivity index (χ1v) is 12.1. The number of nitrogen functional groups attached to an aromatic ring is 1. The Morgan fingerprint density at radius 3 is 2.51 bits per heavy atom. The summed E-state index contributed by atoms with van der Waals surface area (Å²) in [6.45, 7) is 0.188. The Labute approximate surface area is 207 Å². The number of rotatable bonds is 8. The zero-order chi connectivity index (χ0) is 24.9. The lowest BCUT2D eigenvalue weighted by atomic mass is 10.1. The molecule has 8 nitrogen and oxygen atoms in total. The normalized spacial score (nSPS) is 10.8. The third kappa shape index (κ3) is 5.20. The third-order valence-electron chi connectivity index (χ3n) is 5.52. The summed E-state index contributed by atoms with van der Waals surface area (Å²) in [6, 6.07) is 20.9. The summed E-state index contributed by atoms with van der Waals surface area (Å²) >= 11 is 1.65. The standard InChI is InChI=1S/C26H25N5O3S/c1-34-23(32)12-13-29-26(33)18-10-11-22-21(14-18)30-25(17-8-6-16(7-9-17)24(27)28)31(22)19-4-3-5-20(15-19)35-2/h3-11,14-15H,12-13H2,1-2H3,(H3,27,28)(H,29,33). The van der Waals surface area contributed by atoms with Crippen molar-refractivity contribution < 1.29 is 14.3 Å². The number of ether oxygens (including phenoxy) is 1. The van der Waals surface area contributed by atoms with Gasteiger partial charge in [0.05, 0.1) is 24.6 Å². The lowest BCUT2D eigenvalue weighted by molar-refractivity contribution is -0.140. The fourth-order valence-electron chi connectivity index (χ4n) is 3.71. The Morgan fingerprint density at radius 1 is 1.09 bits per heavy atom. The number of aromatic nitrogens is 2. The number of fused-ring (bicyclic) bond motifs is 1. The fourth-order valence-corrected chi connectivity index (χ4v) is 4.16. The van der Waals surface area contributed by atoms with Gasteiger partial charge in [-0.15, -0.1) is 11.8 Å². The smallest absolute Gasteiger partial charge is 0.307 e. The van der Waals surface area contributed by atoms with Crippen molar-refractivity contribution in [2.75, 3.05) is 19.9 Å². The first-order chi connectivity index (χ1) is 16.9. The number of thioether (sulfide) groups is 1. The van der Waals surface area contributed by atoms with E-state index in [1.165, 1.54) is 7.11 Å². The summed E-state index contributed by atoms with van der Waals surface area (Å²) in [6.07, 6.45) is 2.13. The van der Waals surface area contributed by atoms with E-state index >= 15 is 0 Å². The molecule has 1 heterocycles. The maximum absolute atomic E-state index is 12.6. The molecule has 4 aromatic rings. The van der Waals surface area contributed by atoms with Crippen LogP contribution in [0.25, 0.3) is 28.1 Å². The van der Waals surface area contributed by atoms with E-state index in [2.05, 4.69) is 20.7 Å². The number of amides is 1. The molecule has 3 aromatic carbocycles. The van der Waals surface area contributed by atoms with E-state index in [0.29, 0.717) is 22.5 Å². The molecule has 0 radical (unpaired) electrons. The highest BCUT2D eigenvalue weighted by Crippen LogP contribution is 2.31. The van der Waals surface area contributed by atoms with E-state index in [9.17, 15) is 9.59 Å². The monoisotopic (exact) mass is 487 g/mol. The van der Waals surface area contributed by atoms with Crippen LogP contribution in [0.15, 0.2) is 71.6 Å². The number of hydrogen-bond donors (Lipinski definition) is 3. The molecule has 0 saturated heterocycles. The van der Waals surface area contributed by atoms with Crippen LogP contribution in [0.4, 0.5) is 0 Å². The van der Waals surface area contributed by atoms with Crippen molar-refractivity contribution in [1.82, 2.24) is 14.9 Å². The number of nitrogens with one attached hydrogen (secondary N) is 2.